The minimum Gasteiger partial charge on any atom is -0.0804 e. The fourth-order valence-corrected chi connectivity index (χ4v) is 2.39. The average molecular weight is 343 g/mol. The van der Waals surface area contributed by atoms with Gasteiger partial charge in [0.15, 0.2) is 0 Å². The van der Waals surface area contributed by atoms with Crippen LogP contribution in [-0.2, 0) is 0 Å². The van der Waals surface area contributed by atoms with Gasteiger partial charge in [0.25, 0.3) is 0 Å². The molecule has 0 aromatic rings. The third-order valence-corrected chi connectivity index (χ3v) is 4.13. The van der Waals surface area contributed by atoms with E-state index in [1.54, 1.807) is 0 Å². The summed E-state index contributed by atoms with van der Waals surface area (Å²) < 4.78 is 0. The van der Waals surface area contributed by atoms with E-state index >= 15 is 0 Å². The smallest absolute Gasteiger partial charge is 0.0558 e. The van der Waals surface area contributed by atoms with E-state index in [1.807, 2.05) is 0 Å². The molecule has 0 heterocycles. The second-order valence-electron chi connectivity index (χ2n) is 3.66. The molecule has 0 saturated heterocycles. The second-order valence-corrected chi connectivity index (χ2v) is 9.06. The molecule has 1 aliphatic rings. The van der Waals surface area contributed by atoms with Gasteiger partial charge in [-0.1, -0.05) is 43.9 Å². The van der Waals surface area contributed by atoms with Crippen LogP contribution >= 0.6 is 0 Å². The quantitative estimate of drug-likeness (QED) is 0.642. The Morgan fingerprint density at radius 2 is 1.40 bits per heavy atom. The molecular weight excluding hydrogens is 329 g/mol. The zero-order chi connectivity index (χ0) is 6.91. The van der Waals surface area contributed by atoms with Crippen LogP contribution < -0.4 is 0 Å². The maximum Gasteiger partial charge on any atom is 0.0558 e. The van der Waals surface area contributed by atoms with Gasteiger partial charge in [-0.2, -0.15) is 0 Å². The van der Waals surface area contributed by atoms with Crippen molar-refractivity contribution >= 4 is 35.4 Å². The summed E-state index contributed by atoms with van der Waals surface area (Å²) >= 11 is 0. The van der Waals surface area contributed by atoms with Crippen molar-refractivity contribution in [3.05, 3.63) is 24.3 Å². The van der Waals surface area contributed by atoms with Crippen molar-refractivity contribution in [3.63, 3.8) is 0 Å². The van der Waals surface area contributed by atoms with E-state index in [4.69, 9.17) is 0 Å². The van der Waals surface area contributed by atoms with Crippen LogP contribution in [0.1, 0.15) is 0 Å². The Morgan fingerprint density at radius 1 is 1.00 bits per heavy atom. The molecule has 0 atom stereocenters. The maximum atomic E-state index is 2.40. The SMILES string of the molecule is C[Si](C)(C)C1C=CC=C1.[Tl]. The van der Waals surface area contributed by atoms with Crippen molar-refractivity contribution in [1.82, 2.24) is 0 Å². The van der Waals surface area contributed by atoms with Crippen LogP contribution in [0.2, 0.25) is 25.2 Å². The Balaban J connectivity index is 0.000000810. The number of allylic oxidation sites excluding steroid dienone is 4. The monoisotopic (exact) mass is 343 g/mol. The van der Waals surface area contributed by atoms with Crippen molar-refractivity contribution in [2.24, 2.45) is 0 Å². The first-order valence-electron chi connectivity index (χ1n) is 3.46. The average Bonchev–Trinajstić information content (AvgIpc) is 2.08. The molecule has 53 valence electrons. The zero-order valence-electron chi connectivity index (χ0n) is 6.96. The first kappa shape index (κ1) is 10.6. The van der Waals surface area contributed by atoms with Gasteiger partial charge in [-0.3, -0.25) is 0 Å². The third kappa shape index (κ3) is 2.70. The van der Waals surface area contributed by atoms with Crippen molar-refractivity contribution in [2.45, 2.75) is 25.2 Å². The van der Waals surface area contributed by atoms with E-state index in [0.29, 0.717) is 0 Å². The van der Waals surface area contributed by atoms with Crippen LogP contribution in [0.15, 0.2) is 24.3 Å². The van der Waals surface area contributed by atoms with Crippen LogP contribution in [0.5, 0.6) is 0 Å². The summed E-state index contributed by atoms with van der Waals surface area (Å²) in [5.41, 5.74) is 0.789. The molecule has 0 fully saturated rings. The summed E-state index contributed by atoms with van der Waals surface area (Å²) in [5.74, 6) is 0. The van der Waals surface area contributed by atoms with E-state index in [-0.39, 0.29) is 27.3 Å². The Kier molecular flexibility index (Phi) is 4.09. The van der Waals surface area contributed by atoms with Crippen LogP contribution in [0.3, 0.4) is 0 Å². The fourth-order valence-electron chi connectivity index (χ4n) is 1.01. The predicted octanol–water partition coefficient (Wildman–Crippen LogP) is 2.44. The molecule has 0 unspecified atom stereocenters. The summed E-state index contributed by atoms with van der Waals surface area (Å²) in [7, 11) is -0.898. The normalized spacial score (nSPS) is 17.5. The van der Waals surface area contributed by atoms with Crippen LogP contribution in [0.4, 0.5) is 0 Å². The Morgan fingerprint density at radius 3 is 1.60 bits per heavy atom. The van der Waals surface area contributed by atoms with E-state index < -0.39 is 8.07 Å². The second kappa shape index (κ2) is 3.85. The molecule has 0 N–H and O–H groups in total. The fraction of sp³-hybridized carbons (Fsp3) is 0.500. The molecule has 0 aromatic carbocycles. The Bertz CT molecular complexity index is 141. The molecule has 1 rings (SSSR count). The van der Waals surface area contributed by atoms with Crippen LogP contribution in [0, 0.1) is 0 Å². The summed E-state index contributed by atoms with van der Waals surface area (Å²) in [6.45, 7) is 7.20. The summed E-state index contributed by atoms with van der Waals surface area (Å²) in [6, 6.07) is 0. The maximum absolute atomic E-state index is 2.40. The Hall–Kier alpha value is 0.619. The molecule has 1 radical (unpaired) electrons. The van der Waals surface area contributed by atoms with E-state index in [0.717, 1.165) is 5.54 Å². The molecule has 0 aliphatic heterocycles. The minimum atomic E-state index is -0.898. The molecule has 0 nitrogen and oxygen atoms in total. The van der Waals surface area contributed by atoms with E-state index in [9.17, 15) is 0 Å². The van der Waals surface area contributed by atoms with Crippen LogP contribution in [-0.4, -0.2) is 35.4 Å². The van der Waals surface area contributed by atoms with Gasteiger partial charge in [-0.05, 0) is 5.54 Å². The van der Waals surface area contributed by atoms with Crippen molar-refractivity contribution in [3.8, 4) is 0 Å². The van der Waals surface area contributed by atoms with Gasteiger partial charge >= 0.3 is 0 Å². The molecule has 1 aliphatic carbocycles. The van der Waals surface area contributed by atoms with E-state index in [1.165, 1.54) is 0 Å². The standard InChI is InChI=1S/C8H14Si.Tl/c1-9(2,3)8-6-4-5-7-8;/h4-8H,1-3H3;. The van der Waals surface area contributed by atoms with Gasteiger partial charge < -0.3 is 0 Å². The Labute approximate surface area is 84.6 Å². The summed E-state index contributed by atoms with van der Waals surface area (Å²) in [5, 5.41) is 0. The molecule has 2 heteroatoms. The largest absolute Gasteiger partial charge is 0.0804 e. The molecule has 10 heavy (non-hydrogen) atoms. The topological polar surface area (TPSA) is 0 Å². The number of rotatable bonds is 1. The molecule has 0 spiro atoms. The third-order valence-electron chi connectivity index (χ3n) is 1.75. The van der Waals surface area contributed by atoms with Crippen molar-refractivity contribution < 1.29 is 0 Å². The number of hydrogen-bond donors (Lipinski definition) is 0. The van der Waals surface area contributed by atoms with Crippen molar-refractivity contribution in [2.75, 3.05) is 0 Å². The van der Waals surface area contributed by atoms with Crippen molar-refractivity contribution in [1.29, 1.82) is 0 Å². The molecular formula is C8H14SiTl. The predicted molar refractivity (Wildman–Crippen MR) is 51.1 cm³/mol. The number of hydrogen-bond acceptors (Lipinski definition) is 0. The first-order valence-corrected chi connectivity index (χ1v) is 7.03. The zero-order valence-corrected chi connectivity index (χ0v) is 12.5. The van der Waals surface area contributed by atoms with Gasteiger partial charge in [0, 0.05) is 27.3 Å². The van der Waals surface area contributed by atoms with Gasteiger partial charge in [0.2, 0.25) is 0 Å². The van der Waals surface area contributed by atoms with Gasteiger partial charge in [0.05, 0.1) is 8.07 Å². The first-order chi connectivity index (χ1) is 4.11. The van der Waals surface area contributed by atoms with Crippen LogP contribution in [0.25, 0.3) is 0 Å². The molecule has 0 aromatic heterocycles. The molecule has 0 saturated carbocycles. The minimum absolute atomic E-state index is 0. The van der Waals surface area contributed by atoms with E-state index in [2.05, 4.69) is 43.9 Å². The van der Waals surface area contributed by atoms with Gasteiger partial charge in [-0.15, -0.1) is 0 Å². The summed E-state index contributed by atoms with van der Waals surface area (Å²) in [4.78, 5) is 0. The van der Waals surface area contributed by atoms with Gasteiger partial charge in [0.1, 0.15) is 0 Å². The summed E-state index contributed by atoms with van der Waals surface area (Å²) in [6.07, 6.45) is 8.93. The molecule has 0 bridgehead atoms. The molecule has 0 amide bonds. The van der Waals surface area contributed by atoms with Gasteiger partial charge in [-0.25, -0.2) is 0 Å².